The van der Waals surface area contributed by atoms with E-state index < -0.39 is 0 Å². The van der Waals surface area contributed by atoms with Crippen molar-refractivity contribution in [3.63, 3.8) is 0 Å². The third-order valence-corrected chi connectivity index (χ3v) is 2.86. The minimum absolute atomic E-state index is 0.0622. The molecule has 3 rings (SSSR count). The second-order valence-corrected chi connectivity index (χ2v) is 5.37. The molecule has 3 aromatic heterocycles. The van der Waals surface area contributed by atoms with E-state index in [-0.39, 0.29) is 5.41 Å². The van der Waals surface area contributed by atoms with Gasteiger partial charge >= 0.3 is 0 Å². The van der Waals surface area contributed by atoms with Gasteiger partial charge < -0.3 is 0 Å². The van der Waals surface area contributed by atoms with Gasteiger partial charge in [0.1, 0.15) is 5.82 Å². The van der Waals surface area contributed by atoms with Crippen molar-refractivity contribution in [1.29, 1.82) is 0 Å². The molecule has 0 aliphatic heterocycles. The lowest BCUT2D eigenvalue weighted by Gasteiger charge is -2.16. The van der Waals surface area contributed by atoms with Gasteiger partial charge in [0.05, 0.1) is 22.7 Å². The van der Waals surface area contributed by atoms with Crippen LogP contribution in [0, 0.1) is 0 Å². The highest BCUT2D eigenvalue weighted by Gasteiger charge is 2.18. The van der Waals surface area contributed by atoms with Crippen molar-refractivity contribution in [2.45, 2.75) is 26.2 Å². The average Bonchev–Trinajstić information content (AvgIpc) is 2.37. The molecule has 0 fully saturated rings. The predicted octanol–water partition coefficient (Wildman–Crippen LogP) is 2.87. The molecule has 0 spiro atoms. The molecule has 18 heavy (non-hydrogen) atoms. The van der Waals surface area contributed by atoms with Gasteiger partial charge in [0.2, 0.25) is 0 Å². The molecule has 0 aromatic carbocycles. The Hall–Kier alpha value is -2.10. The molecule has 0 saturated heterocycles. The summed E-state index contributed by atoms with van der Waals surface area (Å²) < 4.78 is 0. The van der Waals surface area contributed by atoms with Crippen LogP contribution in [0.3, 0.4) is 0 Å². The number of fused-ring (bicyclic) bond motifs is 3. The second kappa shape index (κ2) is 3.70. The monoisotopic (exact) mass is 238 g/mol. The third kappa shape index (κ3) is 1.70. The molecule has 0 amide bonds. The van der Waals surface area contributed by atoms with Gasteiger partial charge in [-0.2, -0.15) is 0 Å². The van der Waals surface area contributed by atoms with E-state index in [1.807, 2.05) is 18.3 Å². The van der Waals surface area contributed by atoms with Crippen molar-refractivity contribution in [2.24, 2.45) is 0 Å². The minimum Gasteiger partial charge on any atom is -0.254 e. The van der Waals surface area contributed by atoms with E-state index in [9.17, 15) is 0 Å². The lowest BCUT2D eigenvalue weighted by Crippen LogP contribution is -2.15. The zero-order valence-electron chi connectivity index (χ0n) is 10.7. The fourth-order valence-corrected chi connectivity index (χ4v) is 1.88. The first-order valence-corrected chi connectivity index (χ1v) is 5.93. The molecule has 0 aliphatic rings. The van der Waals surface area contributed by atoms with Crippen LogP contribution < -0.4 is 0 Å². The van der Waals surface area contributed by atoms with Crippen molar-refractivity contribution in [3.05, 3.63) is 36.5 Å². The van der Waals surface area contributed by atoms with E-state index in [1.165, 1.54) is 0 Å². The van der Waals surface area contributed by atoms with Crippen molar-refractivity contribution in [3.8, 4) is 0 Å². The quantitative estimate of drug-likeness (QED) is 0.565. The molecule has 0 radical (unpaired) electrons. The van der Waals surface area contributed by atoms with Gasteiger partial charge in [-0.15, -0.1) is 0 Å². The lowest BCUT2D eigenvalue weighted by atomic mass is 9.95. The number of pyridine rings is 2. The smallest absolute Gasteiger partial charge is 0.134 e. The maximum absolute atomic E-state index is 4.58. The van der Waals surface area contributed by atoms with Crippen molar-refractivity contribution >= 4 is 21.9 Å². The maximum Gasteiger partial charge on any atom is 0.134 e. The summed E-state index contributed by atoms with van der Waals surface area (Å²) in [5, 5.41) is 0.952. The molecule has 0 aliphatic carbocycles. The van der Waals surface area contributed by atoms with Gasteiger partial charge in [0.15, 0.2) is 0 Å². The van der Waals surface area contributed by atoms with Gasteiger partial charge in [-0.25, -0.2) is 9.97 Å². The molecule has 3 heterocycles. The normalized spacial score (nSPS) is 12.2. The second-order valence-electron chi connectivity index (χ2n) is 5.37. The Balaban J connectivity index is 2.35. The van der Waals surface area contributed by atoms with Crippen molar-refractivity contribution in [1.82, 2.24) is 19.9 Å². The van der Waals surface area contributed by atoms with E-state index in [4.69, 9.17) is 0 Å². The van der Waals surface area contributed by atoms with Gasteiger partial charge in [-0.05, 0) is 12.1 Å². The van der Waals surface area contributed by atoms with Crippen LogP contribution >= 0.6 is 0 Å². The maximum atomic E-state index is 4.58. The number of hydrogen-bond donors (Lipinski definition) is 0. The summed E-state index contributed by atoms with van der Waals surface area (Å²) in [5.41, 5.74) is 2.52. The summed E-state index contributed by atoms with van der Waals surface area (Å²) in [7, 11) is 0. The van der Waals surface area contributed by atoms with Crippen LogP contribution in [-0.2, 0) is 5.41 Å². The van der Waals surface area contributed by atoms with Crippen LogP contribution in [0.4, 0.5) is 0 Å². The Bertz CT molecular complexity index is 729. The average molecular weight is 238 g/mol. The van der Waals surface area contributed by atoms with E-state index in [2.05, 4.69) is 40.7 Å². The standard InChI is InChI=1S/C14H14N4/c1-14(2,3)13-17-7-9-11(18-13)8-16-10-5-4-6-15-12(9)10/h4-8H,1-3H3. The highest BCUT2D eigenvalue weighted by molar-refractivity contribution is 6.00. The third-order valence-electron chi connectivity index (χ3n) is 2.86. The van der Waals surface area contributed by atoms with Crippen molar-refractivity contribution < 1.29 is 0 Å². The molecular formula is C14H14N4. The number of hydrogen-bond acceptors (Lipinski definition) is 4. The Morgan fingerprint density at radius 1 is 0.944 bits per heavy atom. The minimum atomic E-state index is -0.0622. The van der Waals surface area contributed by atoms with Gasteiger partial charge in [-0.1, -0.05) is 20.8 Å². The lowest BCUT2D eigenvalue weighted by molar-refractivity contribution is 0.548. The Kier molecular flexibility index (Phi) is 2.26. The summed E-state index contributed by atoms with van der Waals surface area (Å²) in [5.74, 6) is 0.826. The summed E-state index contributed by atoms with van der Waals surface area (Å²) in [6.07, 6.45) is 5.40. The van der Waals surface area contributed by atoms with Crippen LogP contribution in [-0.4, -0.2) is 19.9 Å². The SMILES string of the molecule is CC(C)(C)c1ncc2c(cnc3cccnc32)n1. The van der Waals surface area contributed by atoms with Crippen LogP contribution in [0.1, 0.15) is 26.6 Å². The molecule has 90 valence electrons. The molecule has 0 N–H and O–H groups in total. The van der Waals surface area contributed by atoms with Gasteiger partial charge in [0, 0.05) is 23.2 Å². The number of nitrogens with zero attached hydrogens (tertiary/aromatic N) is 4. The van der Waals surface area contributed by atoms with E-state index >= 15 is 0 Å². The fraction of sp³-hybridized carbons (Fsp3) is 0.286. The summed E-state index contributed by atoms with van der Waals surface area (Å²) in [6, 6.07) is 3.82. The molecule has 0 saturated carbocycles. The molecule has 0 unspecified atom stereocenters. The largest absolute Gasteiger partial charge is 0.254 e. The van der Waals surface area contributed by atoms with E-state index in [0.717, 1.165) is 27.8 Å². The summed E-state index contributed by atoms with van der Waals surface area (Å²) in [4.78, 5) is 17.8. The van der Waals surface area contributed by atoms with Crippen LogP contribution in [0.2, 0.25) is 0 Å². The predicted molar refractivity (Wildman–Crippen MR) is 71.3 cm³/mol. The highest BCUT2D eigenvalue weighted by Crippen LogP contribution is 2.23. The zero-order chi connectivity index (χ0) is 12.8. The molecule has 4 heteroatoms. The first kappa shape index (κ1) is 11.0. The molecule has 0 bridgehead atoms. The first-order valence-electron chi connectivity index (χ1n) is 5.93. The Morgan fingerprint density at radius 2 is 1.78 bits per heavy atom. The molecular weight excluding hydrogens is 224 g/mol. The van der Waals surface area contributed by atoms with Crippen LogP contribution in [0.15, 0.2) is 30.7 Å². The molecule has 3 aromatic rings. The van der Waals surface area contributed by atoms with Gasteiger partial charge in [0.25, 0.3) is 0 Å². The molecule has 4 nitrogen and oxygen atoms in total. The zero-order valence-corrected chi connectivity index (χ0v) is 10.7. The fourth-order valence-electron chi connectivity index (χ4n) is 1.88. The summed E-state index contributed by atoms with van der Waals surface area (Å²) >= 11 is 0. The van der Waals surface area contributed by atoms with Crippen LogP contribution in [0.5, 0.6) is 0 Å². The first-order chi connectivity index (χ1) is 8.55. The van der Waals surface area contributed by atoms with E-state index in [0.29, 0.717) is 0 Å². The Labute approximate surface area is 105 Å². The molecule has 0 atom stereocenters. The van der Waals surface area contributed by atoms with E-state index in [1.54, 1.807) is 12.4 Å². The summed E-state index contributed by atoms with van der Waals surface area (Å²) in [6.45, 7) is 6.29. The number of rotatable bonds is 0. The van der Waals surface area contributed by atoms with Gasteiger partial charge in [-0.3, -0.25) is 9.97 Å². The van der Waals surface area contributed by atoms with Crippen LogP contribution in [0.25, 0.3) is 21.9 Å². The highest BCUT2D eigenvalue weighted by atomic mass is 14.9. The van der Waals surface area contributed by atoms with Crippen molar-refractivity contribution in [2.75, 3.05) is 0 Å². The Morgan fingerprint density at radius 3 is 2.56 bits per heavy atom. The topological polar surface area (TPSA) is 51.6 Å². The number of aromatic nitrogens is 4.